The molecule has 2 heteroatoms. The first-order chi connectivity index (χ1) is 4.80. The largest absolute Gasteiger partial charge is 0.319 e. The average Bonchev–Trinajstić information content (AvgIpc) is 1.85. The number of nitrogens with two attached hydrogens (primary N) is 1. The first kappa shape index (κ1) is 10.6. The van der Waals surface area contributed by atoms with Gasteiger partial charge in [0.2, 0.25) is 0 Å². The van der Waals surface area contributed by atoms with Crippen LogP contribution >= 0.6 is 0 Å². The predicted octanol–water partition coefficient (Wildman–Crippen LogP) is 1.58. The van der Waals surface area contributed by atoms with Gasteiger partial charge in [-0.25, -0.2) is 0 Å². The number of ketones is 1. The van der Waals surface area contributed by atoms with Crippen LogP contribution in [0.2, 0.25) is 0 Å². The van der Waals surface area contributed by atoms with Crippen molar-refractivity contribution in [2.75, 3.05) is 0 Å². The molecule has 2 nitrogen and oxygen atoms in total. The number of carbonyl (C=O) groups is 1. The van der Waals surface area contributed by atoms with E-state index in [4.69, 9.17) is 5.73 Å². The lowest BCUT2D eigenvalue weighted by molar-refractivity contribution is -0.128. The van der Waals surface area contributed by atoms with Crippen LogP contribution in [-0.4, -0.2) is 11.3 Å². The van der Waals surface area contributed by atoms with Gasteiger partial charge in [0, 0.05) is 5.92 Å². The second-order valence-corrected chi connectivity index (χ2v) is 3.96. The van der Waals surface area contributed by atoms with Gasteiger partial charge in [-0.3, -0.25) is 4.79 Å². The number of hydrogen-bond donors (Lipinski definition) is 1. The smallest absolute Gasteiger partial charge is 0.155 e. The minimum atomic E-state index is -0.659. The fraction of sp³-hybridized carbons (Fsp3) is 0.889. The van der Waals surface area contributed by atoms with Gasteiger partial charge in [-0.2, -0.15) is 0 Å². The number of carbonyl (C=O) groups excluding carboxylic acids is 1. The summed E-state index contributed by atoms with van der Waals surface area (Å²) in [4.78, 5) is 11.5. The Morgan fingerprint density at radius 3 is 1.73 bits per heavy atom. The Bertz CT molecular complexity index is 148. The van der Waals surface area contributed by atoms with Gasteiger partial charge in [0.05, 0.1) is 5.54 Å². The van der Waals surface area contributed by atoms with Crippen molar-refractivity contribution >= 4 is 5.78 Å². The van der Waals surface area contributed by atoms with Gasteiger partial charge in [-0.15, -0.1) is 0 Å². The topological polar surface area (TPSA) is 43.1 Å². The van der Waals surface area contributed by atoms with E-state index in [9.17, 15) is 4.79 Å². The zero-order valence-corrected chi connectivity index (χ0v) is 8.14. The normalized spacial score (nSPS) is 17.1. The van der Waals surface area contributed by atoms with Crippen LogP contribution in [0.5, 0.6) is 0 Å². The molecule has 1 atom stereocenters. The molecule has 0 aromatic rings. The van der Waals surface area contributed by atoms with Crippen LogP contribution in [0.3, 0.4) is 0 Å². The standard InChI is InChI=1S/C9H19NO/c1-6(2)8(11)9(5,10)7(3)4/h6-7H,10H2,1-5H3. The Morgan fingerprint density at radius 2 is 1.64 bits per heavy atom. The van der Waals surface area contributed by atoms with Crippen LogP contribution in [0, 0.1) is 11.8 Å². The molecule has 11 heavy (non-hydrogen) atoms. The van der Waals surface area contributed by atoms with E-state index in [2.05, 4.69) is 0 Å². The molecule has 0 aromatic heterocycles. The van der Waals surface area contributed by atoms with E-state index < -0.39 is 5.54 Å². The zero-order valence-electron chi connectivity index (χ0n) is 8.14. The maximum absolute atomic E-state index is 11.5. The molecule has 0 aromatic carbocycles. The first-order valence-corrected chi connectivity index (χ1v) is 4.13. The van der Waals surface area contributed by atoms with Gasteiger partial charge >= 0.3 is 0 Å². The van der Waals surface area contributed by atoms with Gasteiger partial charge in [-0.05, 0) is 12.8 Å². The van der Waals surface area contributed by atoms with E-state index in [1.165, 1.54) is 0 Å². The molecule has 0 aliphatic rings. The quantitative estimate of drug-likeness (QED) is 0.676. The summed E-state index contributed by atoms with van der Waals surface area (Å²) in [6.45, 7) is 9.52. The zero-order chi connectivity index (χ0) is 9.23. The summed E-state index contributed by atoms with van der Waals surface area (Å²) in [5, 5.41) is 0. The highest BCUT2D eigenvalue weighted by molar-refractivity contribution is 5.89. The molecule has 0 spiro atoms. The van der Waals surface area contributed by atoms with Gasteiger partial charge in [0.15, 0.2) is 5.78 Å². The molecule has 66 valence electrons. The predicted molar refractivity (Wildman–Crippen MR) is 47.3 cm³/mol. The molecule has 0 bridgehead atoms. The molecule has 0 amide bonds. The van der Waals surface area contributed by atoms with Crippen LogP contribution in [-0.2, 0) is 4.79 Å². The lowest BCUT2D eigenvalue weighted by Gasteiger charge is -2.29. The summed E-state index contributed by atoms with van der Waals surface area (Å²) in [6, 6.07) is 0. The third kappa shape index (κ3) is 2.29. The molecule has 0 heterocycles. The highest BCUT2D eigenvalue weighted by Crippen LogP contribution is 2.18. The van der Waals surface area contributed by atoms with Crippen molar-refractivity contribution in [3.8, 4) is 0 Å². The monoisotopic (exact) mass is 157 g/mol. The molecule has 0 fully saturated rings. The minimum Gasteiger partial charge on any atom is -0.319 e. The summed E-state index contributed by atoms with van der Waals surface area (Å²) >= 11 is 0. The third-order valence-corrected chi connectivity index (χ3v) is 2.25. The van der Waals surface area contributed by atoms with Crippen molar-refractivity contribution in [3.63, 3.8) is 0 Å². The van der Waals surface area contributed by atoms with E-state index in [0.29, 0.717) is 0 Å². The van der Waals surface area contributed by atoms with E-state index in [0.717, 1.165) is 0 Å². The molecule has 1 unspecified atom stereocenters. The van der Waals surface area contributed by atoms with Crippen molar-refractivity contribution in [2.45, 2.75) is 40.2 Å². The Balaban J connectivity index is 4.43. The summed E-state index contributed by atoms with van der Waals surface area (Å²) in [5.41, 5.74) is 5.20. The number of rotatable bonds is 3. The van der Waals surface area contributed by atoms with Gasteiger partial charge in [0.1, 0.15) is 0 Å². The Kier molecular flexibility index (Phi) is 3.24. The number of hydrogen-bond acceptors (Lipinski definition) is 2. The van der Waals surface area contributed by atoms with Crippen LogP contribution < -0.4 is 5.73 Å². The Hall–Kier alpha value is -0.370. The molecule has 0 aliphatic heterocycles. The van der Waals surface area contributed by atoms with Gasteiger partial charge in [-0.1, -0.05) is 27.7 Å². The molecule has 0 saturated heterocycles. The van der Waals surface area contributed by atoms with Crippen molar-refractivity contribution in [2.24, 2.45) is 17.6 Å². The van der Waals surface area contributed by atoms with Crippen LogP contribution in [0.4, 0.5) is 0 Å². The van der Waals surface area contributed by atoms with Gasteiger partial charge < -0.3 is 5.73 Å². The molecule has 2 N–H and O–H groups in total. The SMILES string of the molecule is CC(C)C(=O)C(C)(N)C(C)C. The fourth-order valence-corrected chi connectivity index (χ4v) is 0.907. The van der Waals surface area contributed by atoms with Crippen molar-refractivity contribution in [3.05, 3.63) is 0 Å². The van der Waals surface area contributed by atoms with Crippen LogP contribution in [0.25, 0.3) is 0 Å². The van der Waals surface area contributed by atoms with Crippen molar-refractivity contribution < 1.29 is 4.79 Å². The second-order valence-electron chi connectivity index (χ2n) is 3.96. The van der Waals surface area contributed by atoms with E-state index in [1.54, 1.807) is 6.92 Å². The number of Topliss-reactive ketones (excluding diaryl/α,β-unsaturated/α-hetero) is 1. The highest BCUT2D eigenvalue weighted by Gasteiger charge is 2.32. The van der Waals surface area contributed by atoms with Crippen LogP contribution in [0.15, 0.2) is 0 Å². The van der Waals surface area contributed by atoms with E-state index in [-0.39, 0.29) is 17.6 Å². The minimum absolute atomic E-state index is 0.0346. The van der Waals surface area contributed by atoms with Gasteiger partial charge in [0.25, 0.3) is 0 Å². The lowest BCUT2D eigenvalue weighted by Crippen LogP contribution is -2.51. The van der Waals surface area contributed by atoms with E-state index >= 15 is 0 Å². The molecule has 0 saturated carbocycles. The fourth-order valence-electron chi connectivity index (χ4n) is 0.907. The Morgan fingerprint density at radius 1 is 1.27 bits per heavy atom. The maximum Gasteiger partial charge on any atom is 0.155 e. The van der Waals surface area contributed by atoms with E-state index in [1.807, 2.05) is 27.7 Å². The van der Waals surface area contributed by atoms with Crippen molar-refractivity contribution in [1.29, 1.82) is 0 Å². The first-order valence-electron chi connectivity index (χ1n) is 4.13. The second kappa shape index (κ2) is 3.35. The maximum atomic E-state index is 11.5. The molecular formula is C9H19NO. The third-order valence-electron chi connectivity index (χ3n) is 2.25. The average molecular weight is 157 g/mol. The lowest BCUT2D eigenvalue weighted by atomic mass is 9.81. The summed E-state index contributed by atoms with van der Waals surface area (Å²) in [7, 11) is 0. The molecular weight excluding hydrogens is 138 g/mol. The molecule has 0 aliphatic carbocycles. The molecule has 0 radical (unpaired) electrons. The summed E-state index contributed by atoms with van der Waals surface area (Å²) < 4.78 is 0. The summed E-state index contributed by atoms with van der Waals surface area (Å²) in [6.07, 6.45) is 0. The highest BCUT2D eigenvalue weighted by atomic mass is 16.1. The van der Waals surface area contributed by atoms with Crippen LogP contribution in [0.1, 0.15) is 34.6 Å². The molecule has 0 rings (SSSR count). The van der Waals surface area contributed by atoms with Crippen molar-refractivity contribution in [1.82, 2.24) is 0 Å². The Labute approximate surface area is 69.2 Å². The summed E-state index contributed by atoms with van der Waals surface area (Å²) in [5.74, 6) is 0.386.